The van der Waals surface area contributed by atoms with Crippen LogP contribution in [0.2, 0.25) is 0 Å². The van der Waals surface area contributed by atoms with Crippen molar-refractivity contribution in [3.05, 3.63) is 97.6 Å². The third-order valence-corrected chi connectivity index (χ3v) is 4.69. The lowest BCUT2D eigenvalue weighted by molar-refractivity contribution is -0.394. The van der Waals surface area contributed by atoms with Gasteiger partial charge in [-0.25, -0.2) is 5.43 Å². The van der Waals surface area contributed by atoms with E-state index in [2.05, 4.69) is 10.5 Å². The average molecular weight is 464 g/mol. The summed E-state index contributed by atoms with van der Waals surface area (Å²) in [6, 6.07) is 15.0. The molecule has 0 saturated heterocycles. The lowest BCUT2D eigenvalue weighted by Crippen LogP contribution is -2.24. The minimum Gasteiger partial charge on any atom is -0.484 e. The van der Waals surface area contributed by atoms with Gasteiger partial charge in [0.2, 0.25) is 5.75 Å². The number of hydrazone groups is 1. The zero-order chi connectivity index (χ0) is 24.7. The normalized spacial score (nSPS) is 10.6. The highest BCUT2D eigenvalue weighted by Crippen LogP contribution is 2.34. The van der Waals surface area contributed by atoms with Crippen molar-refractivity contribution in [2.45, 2.75) is 13.8 Å². The topological polar surface area (TPSA) is 146 Å². The minimum atomic E-state index is -0.761. The number of nitro benzene ring substituents is 2. The minimum absolute atomic E-state index is 0.151. The summed E-state index contributed by atoms with van der Waals surface area (Å²) in [4.78, 5) is 32.6. The van der Waals surface area contributed by atoms with Gasteiger partial charge in [-0.2, -0.15) is 5.10 Å². The predicted molar refractivity (Wildman–Crippen MR) is 123 cm³/mol. The van der Waals surface area contributed by atoms with Gasteiger partial charge in [0.1, 0.15) is 11.5 Å². The van der Waals surface area contributed by atoms with E-state index in [0.29, 0.717) is 11.3 Å². The molecule has 3 aromatic carbocycles. The predicted octanol–water partition coefficient (Wildman–Crippen LogP) is 4.44. The largest absolute Gasteiger partial charge is 0.484 e. The number of carbonyl (C=O) groups is 1. The first-order valence-electron chi connectivity index (χ1n) is 9.95. The van der Waals surface area contributed by atoms with Crippen molar-refractivity contribution in [3.63, 3.8) is 0 Å². The Kier molecular flexibility index (Phi) is 7.49. The van der Waals surface area contributed by atoms with E-state index in [0.717, 1.165) is 29.3 Å². The maximum atomic E-state index is 12.0. The molecule has 0 aliphatic rings. The van der Waals surface area contributed by atoms with Crippen LogP contribution in [0.1, 0.15) is 16.7 Å². The molecule has 0 heterocycles. The van der Waals surface area contributed by atoms with Crippen LogP contribution >= 0.6 is 0 Å². The molecule has 11 heteroatoms. The van der Waals surface area contributed by atoms with Gasteiger partial charge >= 0.3 is 5.69 Å². The van der Waals surface area contributed by atoms with Crippen molar-refractivity contribution in [1.82, 2.24) is 5.43 Å². The summed E-state index contributed by atoms with van der Waals surface area (Å²) in [7, 11) is 0. The fourth-order valence-corrected chi connectivity index (χ4v) is 2.80. The Balaban J connectivity index is 1.61. The van der Waals surface area contributed by atoms with Crippen LogP contribution in [0.25, 0.3) is 0 Å². The Morgan fingerprint density at radius 1 is 0.971 bits per heavy atom. The quantitative estimate of drug-likeness (QED) is 0.280. The van der Waals surface area contributed by atoms with Crippen LogP contribution in [0.3, 0.4) is 0 Å². The van der Waals surface area contributed by atoms with Crippen molar-refractivity contribution >= 4 is 23.5 Å². The number of hydrogen-bond donors (Lipinski definition) is 1. The maximum Gasteiger partial charge on any atom is 0.318 e. The fraction of sp³-hybridized carbons (Fsp3) is 0.130. The molecule has 0 aliphatic carbocycles. The highest BCUT2D eigenvalue weighted by molar-refractivity contribution is 5.83. The molecule has 0 aliphatic heterocycles. The van der Waals surface area contributed by atoms with Crippen LogP contribution in [0.15, 0.2) is 65.8 Å². The Bertz CT molecular complexity index is 1270. The lowest BCUT2D eigenvalue weighted by atomic mass is 10.1. The van der Waals surface area contributed by atoms with Gasteiger partial charge in [0.05, 0.1) is 22.1 Å². The summed E-state index contributed by atoms with van der Waals surface area (Å²) in [5.74, 6) is 0.211. The summed E-state index contributed by atoms with van der Waals surface area (Å²) in [5.41, 5.74) is 4.11. The summed E-state index contributed by atoms with van der Waals surface area (Å²) in [6.45, 7) is 3.71. The molecule has 0 unspecified atom stereocenters. The number of nitrogens with zero attached hydrogens (tertiary/aromatic N) is 3. The SMILES string of the molecule is Cc1ccc(OCC(=O)N/N=C/c2cccc(Oc3ccc([N+](=O)[O-])cc3[N+](=O)[O-])c2)cc1C. The van der Waals surface area contributed by atoms with Gasteiger partial charge in [-0.15, -0.1) is 0 Å². The van der Waals surface area contributed by atoms with E-state index >= 15 is 0 Å². The number of rotatable bonds is 9. The van der Waals surface area contributed by atoms with Crippen LogP contribution < -0.4 is 14.9 Å². The van der Waals surface area contributed by atoms with Gasteiger partial charge in [-0.1, -0.05) is 18.2 Å². The molecule has 0 fully saturated rings. The molecule has 0 spiro atoms. The van der Waals surface area contributed by atoms with Crippen LogP contribution in [-0.2, 0) is 4.79 Å². The smallest absolute Gasteiger partial charge is 0.318 e. The van der Waals surface area contributed by atoms with E-state index in [1.807, 2.05) is 26.0 Å². The zero-order valence-corrected chi connectivity index (χ0v) is 18.3. The molecule has 174 valence electrons. The third kappa shape index (κ3) is 6.36. The number of hydrogen-bond acceptors (Lipinski definition) is 8. The first-order valence-corrected chi connectivity index (χ1v) is 9.95. The van der Waals surface area contributed by atoms with E-state index in [9.17, 15) is 25.0 Å². The second-order valence-electron chi connectivity index (χ2n) is 7.17. The Labute approximate surface area is 193 Å². The van der Waals surface area contributed by atoms with Crippen LogP contribution in [0.5, 0.6) is 17.2 Å². The zero-order valence-electron chi connectivity index (χ0n) is 18.3. The van der Waals surface area contributed by atoms with Gasteiger partial charge in [-0.05, 0) is 60.9 Å². The standard InChI is InChI=1S/C23H20N4O7/c1-15-6-8-19(10-16(15)2)33-14-23(28)25-24-13-17-4-3-5-20(11-17)34-22-9-7-18(26(29)30)12-21(22)27(31)32/h3-13H,14H2,1-2H3,(H,25,28)/b24-13+. The van der Waals surface area contributed by atoms with Gasteiger partial charge in [-0.3, -0.25) is 25.0 Å². The molecule has 0 radical (unpaired) electrons. The average Bonchev–Trinajstić information content (AvgIpc) is 2.80. The third-order valence-electron chi connectivity index (χ3n) is 4.69. The van der Waals surface area contributed by atoms with Crippen LogP contribution in [0.4, 0.5) is 11.4 Å². The van der Waals surface area contributed by atoms with Crippen LogP contribution in [0, 0.1) is 34.1 Å². The highest BCUT2D eigenvalue weighted by atomic mass is 16.6. The van der Waals surface area contributed by atoms with Gasteiger partial charge in [0.25, 0.3) is 11.6 Å². The Morgan fingerprint density at radius 3 is 2.47 bits per heavy atom. The van der Waals surface area contributed by atoms with E-state index < -0.39 is 27.1 Å². The molecular weight excluding hydrogens is 444 g/mol. The lowest BCUT2D eigenvalue weighted by Gasteiger charge is -2.07. The molecular formula is C23H20N4O7. The number of amides is 1. The van der Waals surface area contributed by atoms with Crippen molar-refractivity contribution in [3.8, 4) is 17.2 Å². The van der Waals surface area contributed by atoms with E-state index in [1.165, 1.54) is 12.3 Å². The number of ether oxygens (including phenoxy) is 2. The number of non-ortho nitro benzene ring substituents is 1. The summed E-state index contributed by atoms with van der Waals surface area (Å²) >= 11 is 0. The van der Waals surface area contributed by atoms with Gasteiger partial charge < -0.3 is 9.47 Å². The summed E-state index contributed by atoms with van der Waals surface area (Å²) in [6.07, 6.45) is 1.37. The van der Waals surface area contributed by atoms with Crippen LogP contribution in [-0.4, -0.2) is 28.6 Å². The van der Waals surface area contributed by atoms with E-state index in [4.69, 9.17) is 9.47 Å². The second kappa shape index (κ2) is 10.7. The Hall–Kier alpha value is -4.80. The summed E-state index contributed by atoms with van der Waals surface area (Å²) < 4.78 is 11.0. The molecule has 1 N–H and O–H groups in total. The van der Waals surface area contributed by atoms with Crippen molar-refractivity contribution in [2.24, 2.45) is 5.10 Å². The number of aryl methyl sites for hydroxylation is 2. The maximum absolute atomic E-state index is 12.0. The van der Waals surface area contributed by atoms with Gasteiger partial charge in [0.15, 0.2) is 6.61 Å². The van der Waals surface area contributed by atoms with Crippen molar-refractivity contribution < 1.29 is 24.1 Å². The van der Waals surface area contributed by atoms with Crippen molar-refractivity contribution in [2.75, 3.05) is 6.61 Å². The monoisotopic (exact) mass is 464 g/mol. The molecule has 3 rings (SSSR count). The highest BCUT2D eigenvalue weighted by Gasteiger charge is 2.21. The first-order chi connectivity index (χ1) is 16.2. The number of benzene rings is 3. The molecule has 34 heavy (non-hydrogen) atoms. The molecule has 0 atom stereocenters. The molecule has 0 saturated carbocycles. The number of carbonyl (C=O) groups excluding carboxylic acids is 1. The van der Waals surface area contributed by atoms with E-state index in [1.54, 1.807) is 24.3 Å². The fourth-order valence-electron chi connectivity index (χ4n) is 2.80. The molecule has 3 aromatic rings. The molecule has 0 aromatic heterocycles. The second-order valence-corrected chi connectivity index (χ2v) is 7.17. The molecule has 1 amide bonds. The first kappa shape index (κ1) is 23.9. The van der Waals surface area contributed by atoms with Crippen molar-refractivity contribution in [1.29, 1.82) is 0 Å². The molecule has 0 bridgehead atoms. The van der Waals surface area contributed by atoms with E-state index in [-0.39, 0.29) is 18.1 Å². The molecule has 11 nitrogen and oxygen atoms in total. The summed E-state index contributed by atoms with van der Waals surface area (Å²) in [5, 5.41) is 26.0. The van der Waals surface area contributed by atoms with Gasteiger partial charge in [0, 0.05) is 6.07 Å². The Morgan fingerprint density at radius 2 is 1.76 bits per heavy atom. The number of nitro groups is 2. The number of nitrogens with one attached hydrogen (secondary N) is 1.